The number of likely N-dealkylation sites (tertiary alicyclic amines) is 1. The van der Waals surface area contributed by atoms with Gasteiger partial charge in [-0.1, -0.05) is 25.7 Å². The Bertz CT molecular complexity index is 979. The summed E-state index contributed by atoms with van der Waals surface area (Å²) in [5, 5.41) is 10.2. The third kappa shape index (κ3) is 5.52. The minimum atomic E-state index is -0.616. The first kappa shape index (κ1) is 26.1. The molecule has 2 saturated heterocycles. The number of nitrogens with one attached hydrogen (secondary N) is 2. The van der Waals surface area contributed by atoms with Gasteiger partial charge in [0, 0.05) is 18.1 Å². The smallest absolute Gasteiger partial charge is 0.243 e. The molecule has 2 atom stereocenters. The number of nitrogens with zero attached hydrogens (tertiary/aromatic N) is 5. The zero-order valence-corrected chi connectivity index (χ0v) is 21.8. The lowest BCUT2D eigenvalue weighted by molar-refractivity contribution is -0.154. The van der Waals surface area contributed by atoms with Crippen molar-refractivity contribution in [1.82, 2.24) is 25.4 Å². The lowest BCUT2D eigenvalue weighted by Gasteiger charge is -2.38. The van der Waals surface area contributed by atoms with Crippen LogP contribution in [0.25, 0.3) is 0 Å². The number of halogens is 1. The first-order valence-electron chi connectivity index (χ1n) is 13.9. The number of aryl methyl sites for hydroxylation is 1. The number of carbonyl (C=O) groups excluding carboxylic acids is 2. The van der Waals surface area contributed by atoms with Crippen molar-refractivity contribution < 1.29 is 19.2 Å². The van der Waals surface area contributed by atoms with Crippen LogP contribution >= 0.6 is 0 Å². The molecule has 0 unspecified atom stereocenters. The Labute approximate surface area is 217 Å². The van der Waals surface area contributed by atoms with Crippen LogP contribution in [0, 0.1) is 24.6 Å². The Kier molecular flexibility index (Phi) is 7.80. The summed E-state index contributed by atoms with van der Waals surface area (Å²) in [7, 11) is 0. The number of hydrogen-bond acceptors (Lipinski definition) is 8. The molecule has 2 amide bonds. The number of aromatic nitrogens is 2. The summed E-state index contributed by atoms with van der Waals surface area (Å²) >= 11 is 0. The Morgan fingerprint density at radius 2 is 1.89 bits per heavy atom. The quantitative estimate of drug-likeness (QED) is 0.233. The number of amides is 2. The number of rotatable bonds is 11. The van der Waals surface area contributed by atoms with Crippen molar-refractivity contribution >= 4 is 24.0 Å². The molecule has 10 nitrogen and oxygen atoms in total. The summed E-state index contributed by atoms with van der Waals surface area (Å²) in [5.74, 6) is -0.568. The van der Waals surface area contributed by atoms with E-state index in [0.717, 1.165) is 71.0 Å². The van der Waals surface area contributed by atoms with Crippen LogP contribution in [0.15, 0.2) is 0 Å². The standard InChI is InChI=1S/C26H40FN7O3/c1-18-28-23(30-31-25(36)20(16-33(37)17-35)15-19-7-2-3-8-19)22(27)24(29-18)34-14-6-9-21(34)26(10-11-26)32-12-4-5-13-32/h17,19-21,37H,2-16H2,1H3,(H,31,36)(H,28,29,30)/t20-,21-/m0/s1. The fourth-order valence-corrected chi connectivity index (χ4v) is 6.95. The van der Waals surface area contributed by atoms with E-state index in [0.29, 0.717) is 35.5 Å². The molecule has 3 heterocycles. The van der Waals surface area contributed by atoms with Crippen LogP contribution < -0.4 is 15.8 Å². The van der Waals surface area contributed by atoms with Gasteiger partial charge in [0.15, 0.2) is 11.6 Å². The fraction of sp³-hybridized carbons (Fsp3) is 0.769. The van der Waals surface area contributed by atoms with Crippen molar-refractivity contribution in [3.05, 3.63) is 11.6 Å². The molecule has 0 bridgehead atoms. The molecule has 4 fully saturated rings. The molecule has 0 aromatic carbocycles. The van der Waals surface area contributed by atoms with Crippen LogP contribution in [-0.4, -0.2) is 75.2 Å². The maximum absolute atomic E-state index is 15.8. The molecule has 3 N–H and O–H groups in total. The molecule has 5 rings (SSSR count). The van der Waals surface area contributed by atoms with Crippen LogP contribution in [0.1, 0.15) is 76.5 Å². The van der Waals surface area contributed by atoms with E-state index in [9.17, 15) is 14.8 Å². The normalized spacial score (nSPS) is 24.3. The second-order valence-electron chi connectivity index (χ2n) is 11.3. The predicted octanol–water partition coefficient (Wildman–Crippen LogP) is 3.01. The molecular weight excluding hydrogens is 477 g/mol. The van der Waals surface area contributed by atoms with Gasteiger partial charge in [-0.2, -0.15) is 4.39 Å². The van der Waals surface area contributed by atoms with Crippen molar-refractivity contribution in [2.45, 2.75) is 89.1 Å². The minimum Gasteiger partial charge on any atom is -0.349 e. The molecule has 1 aromatic rings. The van der Waals surface area contributed by atoms with E-state index in [1.165, 1.54) is 12.8 Å². The van der Waals surface area contributed by atoms with Gasteiger partial charge in [-0.3, -0.25) is 30.5 Å². The van der Waals surface area contributed by atoms with Gasteiger partial charge in [0.1, 0.15) is 5.82 Å². The number of hydrazine groups is 1. The van der Waals surface area contributed by atoms with Crippen LogP contribution in [-0.2, 0) is 9.59 Å². The molecule has 204 valence electrons. The predicted molar refractivity (Wildman–Crippen MR) is 136 cm³/mol. The van der Waals surface area contributed by atoms with E-state index < -0.39 is 17.6 Å². The fourth-order valence-electron chi connectivity index (χ4n) is 6.95. The lowest BCUT2D eigenvalue weighted by atomic mass is 9.92. The van der Waals surface area contributed by atoms with E-state index in [2.05, 4.69) is 30.6 Å². The molecule has 2 aliphatic heterocycles. The Morgan fingerprint density at radius 1 is 1.16 bits per heavy atom. The maximum atomic E-state index is 15.8. The minimum absolute atomic E-state index is 0.0663. The molecular formula is C26H40FN7O3. The summed E-state index contributed by atoms with van der Waals surface area (Å²) in [6.07, 6.45) is 11.9. The van der Waals surface area contributed by atoms with Gasteiger partial charge < -0.3 is 4.90 Å². The highest BCUT2D eigenvalue weighted by Crippen LogP contribution is 2.51. The SMILES string of the molecule is Cc1nc(NNC(=O)[C@@H](CC2CCCC2)CN(O)C=O)c(F)c(N2CCC[C@H]2C2(N3CCCC3)CC2)n1. The maximum Gasteiger partial charge on any atom is 0.243 e. The number of anilines is 2. The van der Waals surface area contributed by atoms with Crippen LogP contribution in [0.4, 0.5) is 16.0 Å². The van der Waals surface area contributed by atoms with Gasteiger partial charge in [-0.05, 0) is 70.9 Å². The number of hydrogen-bond donors (Lipinski definition) is 3. The lowest BCUT2D eigenvalue weighted by Crippen LogP contribution is -2.51. The van der Waals surface area contributed by atoms with Crippen molar-refractivity contribution in [1.29, 1.82) is 0 Å². The Hall–Kier alpha value is -2.53. The summed E-state index contributed by atoms with van der Waals surface area (Å²) < 4.78 is 15.8. The summed E-state index contributed by atoms with van der Waals surface area (Å²) in [4.78, 5) is 37.5. The van der Waals surface area contributed by atoms with E-state index in [-0.39, 0.29) is 23.9 Å². The molecule has 1 aromatic heterocycles. The van der Waals surface area contributed by atoms with E-state index >= 15 is 4.39 Å². The number of hydroxylamine groups is 2. The number of carbonyl (C=O) groups is 2. The second kappa shape index (κ2) is 11.1. The van der Waals surface area contributed by atoms with Gasteiger partial charge in [-0.15, -0.1) is 0 Å². The molecule has 11 heteroatoms. The van der Waals surface area contributed by atoms with E-state index in [1.807, 2.05) is 0 Å². The monoisotopic (exact) mass is 517 g/mol. The first-order valence-corrected chi connectivity index (χ1v) is 13.9. The van der Waals surface area contributed by atoms with Gasteiger partial charge >= 0.3 is 0 Å². The van der Waals surface area contributed by atoms with Crippen LogP contribution in [0.5, 0.6) is 0 Å². The van der Waals surface area contributed by atoms with Crippen molar-refractivity contribution in [3.63, 3.8) is 0 Å². The average molecular weight is 518 g/mol. The third-order valence-corrected chi connectivity index (χ3v) is 8.89. The van der Waals surface area contributed by atoms with Gasteiger partial charge in [-0.25, -0.2) is 15.0 Å². The highest BCUT2D eigenvalue weighted by molar-refractivity contribution is 5.80. The summed E-state index contributed by atoms with van der Waals surface area (Å²) in [6.45, 7) is 4.60. The van der Waals surface area contributed by atoms with Gasteiger partial charge in [0.2, 0.25) is 18.1 Å². The first-order chi connectivity index (χ1) is 17.9. The van der Waals surface area contributed by atoms with Gasteiger partial charge in [0.05, 0.1) is 12.5 Å². The van der Waals surface area contributed by atoms with Crippen LogP contribution in [0.3, 0.4) is 0 Å². The third-order valence-electron chi connectivity index (χ3n) is 8.89. The molecule has 2 aliphatic carbocycles. The molecule has 0 spiro atoms. The van der Waals surface area contributed by atoms with Crippen LogP contribution in [0.2, 0.25) is 0 Å². The second-order valence-corrected chi connectivity index (χ2v) is 11.3. The van der Waals surface area contributed by atoms with Crippen molar-refractivity contribution in [2.75, 3.05) is 36.5 Å². The summed E-state index contributed by atoms with van der Waals surface area (Å²) in [5.41, 5.74) is 5.40. The van der Waals surface area contributed by atoms with Gasteiger partial charge in [0.25, 0.3) is 0 Å². The summed E-state index contributed by atoms with van der Waals surface area (Å²) in [6, 6.07) is 0.228. The van der Waals surface area contributed by atoms with Crippen molar-refractivity contribution in [3.8, 4) is 0 Å². The average Bonchev–Trinajstić information content (AvgIpc) is 3.35. The van der Waals surface area contributed by atoms with E-state index in [1.54, 1.807) is 6.92 Å². The molecule has 4 aliphatic rings. The topological polar surface area (TPSA) is 114 Å². The molecule has 0 radical (unpaired) electrons. The van der Waals surface area contributed by atoms with Crippen molar-refractivity contribution in [2.24, 2.45) is 11.8 Å². The zero-order chi connectivity index (χ0) is 26.0. The molecule has 37 heavy (non-hydrogen) atoms. The zero-order valence-electron chi connectivity index (χ0n) is 21.8. The largest absolute Gasteiger partial charge is 0.349 e. The highest BCUT2D eigenvalue weighted by Gasteiger charge is 2.57. The molecule has 2 saturated carbocycles. The van der Waals surface area contributed by atoms with E-state index in [4.69, 9.17) is 0 Å². The highest BCUT2D eigenvalue weighted by atomic mass is 19.1. The Morgan fingerprint density at radius 3 is 2.57 bits per heavy atom. The Balaban J connectivity index is 1.30.